The molecule has 0 bridgehead atoms. The minimum Gasteiger partial charge on any atom is -0.550 e. The van der Waals surface area contributed by atoms with Crippen LogP contribution in [0.5, 0.6) is 0 Å². The molecule has 11 heavy (non-hydrogen) atoms. The van der Waals surface area contributed by atoms with Crippen molar-refractivity contribution >= 4 is 29.3 Å². The van der Waals surface area contributed by atoms with Crippen LogP contribution in [0.1, 0.15) is 26.7 Å². The van der Waals surface area contributed by atoms with Crippen LogP contribution in [0, 0.1) is 0 Å². The minimum absolute atomic E-state index is 0. The van der Waals surface area contributed by atoms with Crippen LogP contribution < -0.4 is 10.2 Å². The van der Waals surface area contributed by atoms with Crippen LogP contribution in [0.15, 0.2) is 0 Å². The summed E-state index contributed by atoms with van der Waals surface area (Å²) in [7, 11) is 0. The van der Waals surface area contributed by atoms with Gasteiger partial charge in [-0.05, 0) is 12.8 Å². The van der Waals surface area contributed by atoms with E-state index in [9.17, 15) is 19.8 Å². The molecule has 0 aliphatic heterocycles. The molecule has 0 spiro atoms. The van der Waals surface area contributed by atoms with E-state index in [0.717, 1.165) is 0 Å². The second-order valence-corrected chi connectivity index (χ2v) is 1.45. The first-order valence-electron chi connectivity index (χ1n) is 2.94. The summed E-state index contributed by atoms with van der Waals surface area (Å²) in [5.41, 5.74) is 0. The van der Waals surface area contributed by atoms with Crippen molar-refractivity contribution in [2.75, 3.05) is 0 Å². The second-order valence-electron chi connectivity index (χ2n) is 1.45. The number of carboxylic acid groups (broad SMARTS) is 2. The standard InChI is InChI=1S/2C3H6O2.Al/c2*1-2-3(4)5;/h2*2H2,1H3,(H,4,5);/q;;+2/p-2. The fourth-order valence-corrected chi connectivity index (χ4v) is 0. The molecule has 0 saturated carbocycles. The average molecular weight is 173 g/mol. The molecule has 0 aromatic heterocycles. The summed E-state index contributed by atoms with van der Waals surface area (Å²) >= 11 is 0. The maximum absolute atomic E-state index is 9.26. The van der Waals surface area contributed by atoms with Gasteiger partial charge >= 0.3 is 17.4 Å². The number of carbonyl (C=O) groups excluding carboxylic acids is 2. The fourth-order valence-electron chi connectivity index (χ4n) is 0. The molecule has 0 fully saturated rings. The van der Waals surface area contributed by atoms with E-state index < -0.39 is 11.9 Å². The first kappa shape index (κ1) is 16.8. The van der Waals surface area contributed by atoms with Crippen LogP contribution in [0.3, 0.4) is 0 Å². The first-order valence-corrected chi connectivity index (χ1v) is 2.94. The summed E-state index contributed by atoms with van der Waals surface area (Å²) in [5, 5.41) is 18.5. The third-order valence-electron chi connectivity index (χ3n) is 0.577. The first-order chi connectivity index (χ1) is 4.54. The molecule has 0 aliphatic carbocycles. The van der Waals surface area contributed by atoms with Gasteiger partial charge in [0.15, 0.2) is 0 Å². The van der Waals surface area contributed by atoms with Crippen LogP contribution in [-0.2, 0) is 9.59 Å². The van der Waals surface area contributed by atoms with Gasteiger partial charge < -0.3 is 19.8 Å². The smallest absolute Gasteiger partial charge is 0.550 e. The third-order valence-corrected chi connectivity index (χ3v) is 0.577. The number of hydrogen-bond acceptors (Lipinski definition) is 4. The minimum atomic E-state index is -0.995. The van der Waals surface area contributed by atoms with Gasteiger partial charge in [-0.2, -0.15) is 0 Å². The van der Waals surface area contributed by atoms with Crippen molar-refractivity contribution < 1.29 is 19.8 Å². The van der Waals surface area contributed by atoms with Gasteiger partial charge in [-0.3, -0.25) is 0 Å². The molecule has 0 aliphatic rings. The number of rotatable bonds is 2. The number of hydrogen-bond donors (Lipinski definition) is 0. The molecule has 1 radical (unpaired) electrons. The van der Waals surface area contributed by atoms with Gasteiger partial charge in [0, 0.05) is 11.9 Å². The van der Waals surface area contributed by atoms with Gasteiger partial charge in [-0.15, -0.1) is 0 Å². The van der Waals surface area contributed by atoms with Crippen molar-refractivity contribution in [3.63, 3.8) is 0 Å². The molecule has 0 saturated heterocycles. The van der Waals surface area contributed by atoms with E-state index in [-0.39, 0.29) is 30.2 Å². The maximum Gasteiger partial charge on any atom is 2.00 e. The van der Waals surface area contributed by atoms with Crippen molar-refractivity contribution in [1.82, 2.24) is 0 Å². The Morgan fingerprint density at radius 1 is 1.00 bits per heavy atom. The third kappa shape index (κ3) is 43.9. The molecule has 5 heteroatoms. The molecular weight excluding hydrogens is 163 g/mol. The Bertz CT molecular complexity index is 99.1. The van der Waals surface area contributed by atoms with E-state index in [2.05, 4.69) is 0 Å². The number of carboxylic acids is 2. The van der Waals surface area contributed by atoms with Crippen LogP contribution in [-0.4, -0.2) is 29.3 Å². The van der Waals surface area contributed by atoms with Crippen molar-refractivity contribution in [2.24, 2.45) is 0 Å². The van der Waals surface area contributed by atoms with E-state index in [0.29, 0.717) is 0 Å². The monoisotopic (exact) mass is 173 g/mol. The van der Waals surface area contributed by atoms with Crippen molar-refractivity contribution in [3.8, 4) is 0 Å². The van der Waals surface area contributed by atoms with E-state index in [1.165, 1.54) is 13.8 Å². The largest absolute Gasteiger partial charge is 2.00 e. The van der Waals surface area contributed by atoms with Crippen LogP contribution >= 0.6 is 0 Å². The number of carbonyl (C=O) groups is 2. The Morgan fingerprint density at radius 2 is 1.09 bits per heavy atom. The van der Waals surface area contributed by atoms with E-state index in [1.54, 1.807) is 0 Å². The molecule has 0 heterocycles. The van der Waals surface area contributed by atoms with Crippen molar-refractivity contribution in [2.45, 2.75) is 26.7 Å². The molecule has 0 N–H and O–H groups in total. The van der Waals surface area contributed by atoms with Gasteiger partial charge in [0.25, 0.3) is 0 Å². The number of aliphatic carboxylic acids is 2. The summed E-state index contributed by atoms with van der Waals surface area (Å²) in [6, 6.07) is 0. The fraction of sp³-hybridized carbons (Fsp3) is 0.667. The summed E-state index contributed by atoms with van der Waals surface area (Å²) in [6.45, 7) is 3.07. The van der Waals surface area contributed by atoms with E-state index in [1.807, 2.05) is 0 Å². The zero-order valence-electron chi connectivity index (χ0n) is 6.62. The Balaban J connectivity index is -0.000000107. The Kier molecular flexibility index (Phi) is 18.6. The van der Waals surface area contributed by atoms with Crippen molar-refractivity contribution in [1.29, 1.82) is 0 Å². The topological polar surface area (TPSA) is 80.3 Å². The Morgan fingerprint density at radius 3 is 1.09 bits per heavy atom. The quantitative estimate of drug-likeness (QED) is 0.448. The predicted molar refractivity (Wildman–Crippen MR) is 36.4 cm³/mol. The van der Waals surface area contributed by atoms with Gasteiger partial charge in [0.1, 0.15) is 0 Å². The SMILES string of the molecule is CCC(=O)[O-].CCC(=O)[O-].[Al+2]. The summed E-state index contributed by atoms with van der Waals surface area (Å²) < 4.78 is 0. The molecule has 0 atom stereocenters. The summed E-state index contributed by atoms with van der Waals surface area (Å²) in [5.74, 6) is -1.99. The van der Waals surface area contributed by atoms with E-state index in [4.69, 9.17) is 0 Å². The second kappa shape index (κ2) is 12.2. The van der Waals surface area contributed by atoms with Crippen LogP contribution in [0.25, 0.3) is 0 Å². The molecule has 61 valence electrons. The van der Waals surface area contributed by atoms with Gasteiger partial charge in [-0.25, -0.2) is 0 Å². The molecule has 0 unspecified atom stereocenters. The molecule has 0 aromatic carbocycles. The summed E-state index contributed by atoms with van der Waals surface area (Å²) in [4.78, 5) is 18.5. The molecule has 4 nitrogen and oxygen atoms in total. The summed E-state index contributed by atoms with van der Waals surface area (Å²) in [6.07, 6.45) is 0.222. The normalized spacial score (nSPS) is 6.73. The molecule has 0 rings (SSSR count). The maximum atomic E-state index is 9.26. The van der Waals surface area contributed by atoms with Crippen LogP contribution in [0.4, 0.5) is 0 Å². The Hall–Kier alpha value is -0.528. The van der Waals surface area contributed by atoms with E-state index >= 15 is 0 Å². The van der Waals surface area contributed by atoms with Gasteiger partial charge in [0.2, 0.25) is 0 Å². The molecular formula is C6H10AlO4. The van der Waals surface area contributed by atoms with Crippen molar-refractivity contribution in [3.05, 3.63) is 0 Å². The predicted octanol–water partition coefficient (Wildman–Crippen LogP) is -2.09. The molecule has 0 amide bonds. The average Bonchev–Trinajstić information content (AvgIpc) is 1.89. The molecule has 0 aromatic rings. The van der Waals surface area contributed by atoms with Gasteiger partial charge in [0.05, 0.1) is 0 Å². The van der Waals surface area contributed by atoms with Crippen LogP contribution in [0.2, 0.25) is 0 Å². The zero-order chi connectivity index (χ0) is 8.57. The zero-order valence-corrected chi connectivity index (χ0v) is 7.78. The Labute approximate surface area is 76.4 Å². The van der Waals surface area contributed by atoms with Gasteiger partial charge in [-0.1, -0.05) is 13.8 Å².